The van der Waals surface area contributed by atoms with Gasteiger partial charge in [0.2, 0.25) is 0 Å². The molecule has 1 fully saturated rings. The summed E-state index contributed by atoms with van der Waals surface area (Å²) in [6.07, 6.45) is 1.32. The number of rotatable bonds is 3. The predicted molar refractivity (Wildman–Crippen MR) is 82.0 cm³/mol. The van der Waals surface area contributed by atoms with Gasteiger partial charge in [0.05, 0.1) is 15.9 Å². The monoisotopic (exact) mass is 367 g/mol. The Bertz CT molecular complexity index is 571. The standard InChI is InChI=1S/C11H18BrN3O2S2/c1-8-11(12)9(14(2)13-8)6-15-4-5-18-7-10(15)19(3,16)17/h10H,4-7H2,1-3H3. The number of hydrogen-bond acceptors (Lipinski definition) is 5. The molecule has 1 unspecified atom stereocenters. The first-order chi connectivity index (χ1) is 8.80. The molecule has 0 bridgehead atoms. The van der Waals surface area contributed by atoms with Gasteiger partial charge in [-0.1, -0.05) is 0 Å². The van der Waals surface area contributed by atoms with E-state index in [4.69, 9.17) is 0 Å². The first-order valence-electron chi connectivity index (χ1n) is 5.99. The second kappa shape index (κ2) is 5.75. The molecule has 2 rings (SSSR count). The fourth-order valence-corrected chi connectivity index (χ4v) is 5.64. The average Bonchev–Trinajstić information content (AvgIpc) is 2.55. The van der Waals surface area contributed by atoms with Crippen LogP contribution in [0, 0.1) is 6.92 Å². The van der Waals surface area contributed by atoms with Gasteiger partial charge in [-0.2, -0.15) is 16.9 Å². The van der Waals surface area contributed by atoms with Crippen LogP contribution >= 0.6 is 27.7 Å². The zero-order valence-electron chi connectivity index (χ0n) is 11.3. The maximum atomic E-state index is 11.9. The summed E-state index contributed by atoms with van der Waals surface area (Å²) in [5.74, 6) is 1.62. The third kappa shape index (κ3) is 3.34. The molecule has 1 aromatic rings. The summed E-state index contributed by atoms with van der Waals surface area (Å²) in [5, 5.41) is 3.96. The second-order valence-corrected chi connectivity index (χ2v) is 8.95. The molecule has 19 heavy (non-hydrogen) atoms. The quantitative estimate of drug-likeness (QED) is 0.808. The van der Waals surface area contributed by atoms with Crippen LogP contribution in [0.5, 0.6) is 0 Å². The minimum Gasteiger partial charge on any atom is -0.280 e. The smallest absolute Gasteiger partial charge is 0.164 e. The van der Waals surface area contributed by atoms with Crippen molar-refractivity contribution in [3.8, 4) is 0 Å². The molecule has 108 valence electrons. The lowest BCUT2D eigenvalue weighted by molar-refractivity contribution is 0.255. The topological polar surface area (TPSA) is 55.2 Å². The minimum absolute atomic E-state index is 0.395. The Balaban J connectivity index is 2.25. The van der Waals surface area contributed by atoms with Crippen molar-refractivity contribution in [1.82, 2.24) is 14.7 Å². The van der Waals surface area contributed by atoms with E-state index >= 15 is 0 Å². The molecule has 1 aliphatic rings. The Morgan fingerprint density at radius 3 is 2.74 bits per heavy atom. The van der Waals surface area contributed by atoms with E-state index < -0.39 is 15.2 Å². The molecule has 8 heteroatoms. The van der Waals surface area contributed by atoms with Gasteiger partial charge in [0.1, 0.15) is 5.37 Å². The van der Waals surface area contributed by atoms with Crippen LogP contribution in [0.1, 0.15) is 11.4 Å². The summed E-state index contributed by atoms with van der Waals surface area (Å²) in [5.41, 5.74) is 1.96. The SMILES string of the molecule is Cc1nn(C)c(CN2CCSCC2S(C)(=O)=O)c1Br. The van der Waals surface area contributed by atoms with Crippen molar-refractivity contribution < 1.29 is 8.42 Å². The van der Waals surface area contributed by atoms with Crippen LogP contribution < -0.4 is 0 Å². The van der Waals surface area contributed by atoms with Gasteiger partial charge >= 0.3 is 0 Å². The average molecular weight is 368 g/mol. The fourth-order valence-electron chi connectivity index (χ4n) is 2.23. The Morgan fingerprint density at radius 2 is 2.21 bits per heavy atom. The largest absolute Gasteiger partial charge is 0.280 e. The summed E-state index contributed by atoms with van der Waals surface area (Å²) in [6, 6.07) is 0. The molecule has 1 aliphatic heterocycles. The van der Waals surface area contributed by atoms with Gasteiger partial charge in [-0.15, -0.1) is 0 Å². The van der Waals surface area contributed by atoms with Gasteiger partial charge in [-0.05, 0) is 22.9 Å². The number of sulfone groups is 1. The zero-order chi connectivity index (χ0) is 14.2. The predicted octanol–water partition coefficient (Wildman–Crippen LogP) is 1.41. The summed E-state index contributed by atoms with van der Waals surface area (Å²) >= 11 is 5.24. The van der Waals surface area contributed by atoms with E-state index in [1.165, 1.54) is 6.26 Å². The van der Waals surface area contributed by atoms with Crippen LogP contribution in [-0.2, 0) is 23.4 Å². The van der Waals surface area contributed by atoms with Crippen LogP contribution in [0.25, 0.3) is 0 Å². The Hall–Kier alpha value is -0.0500. The number of thioether (sulfide) groups is 1. The molecule has 1 aromatic heterocycles. The van der Waals surface area contributed by atoms with Gasteiger partial charge in [0.25, 0.3) is 0 Å². The Morgan fingerprint density at radius 1 is 1.53 bits per heavy atom. The molecule has 0 radical (unpaired) electrons. The van der Waals surface area contributed by atoms with Gasteiger partial charge < -0.3 is 0 Å². The molecular formula is C11H18BrN3O2S2. The zero-order valence-corrected chi connectivity index (χ0v) is 14.5. The second-order valence-electron chi connectivity index (χ2n) is 4.80. The van der Waals surface area contributed by atoms with E-state index in [-0.39, 0.29) is 0 Å². The fraction of sp³-hybridized carbons (Fsp3) is 0.727. The number of hydrogen-bond donors (Lipinski definition) is 0. The highest BCUT2D eigenvalue weighted by Gasteiger charge is 2.32. The molecule has 0 spiro atoms. The first-order valence-corrected chi connectivity index (χ1v) is 9.89. The normalized spacial score (nSPS) is 21.8. The number of nitrogens with zero attached hydrogens (tertiary/aromatic N) is 3. The van der Waals surface area contributed by atoms with Crippen LogP contribution in [0.2, 0.25) is 0 Å². The van der Waals surface area contributed by atoms with E-state index in [1.54, 1.807) is 11.8 Å². The molecule has 0 aromatic carbocycles. The summed E-state index contributed by atoms with van der Waals surface area (Å²) in [7, 11) is -1.16. The lowest BCUT2D eigenvalue weighted by Crippen LogP contribution is -2.46. The Kier molecular flexibility index (Phi) is 4.64. The third-order valence-corrected chi connectivity index (χ3v) is 7.02. The van der Waals surface area contributed by atoms with Crippen LogP contribution in [-0.4, -0.2) is 52.8 Å². The molecule has 2 heterocycles. The third-order valence-electron chi connectivity index (χ3n) is 3.30. The van der Waals surface area contributed by atoms with Crippen molar-refractivity contribution in [3.05, 3.63) is 15.9 Å². The van der Waals surface area contributed by atoms with Crippen molar-refractivity contribution in [2.24, 2.45) is 7.05 Å². The van der Waals surface area contributed by atoms with Crippen molar-refractivity contribution >= 4 is 37.5 Å². The minimum atomic E-state index is -3.05. The van der Waals surface area contributed by atoms with Crippen molar-refractivity contribution in [3.63, 3.8) is 0 Å². The molecule has 5 nitrogen and oxygen atoms in total. The molecule has 0 aliphatic carbocycles. The van der Waals surface area contributed by atoms with Crippen LogP contribution in [0.15, 0.2) is 4.47 Å². The highest BCUT2D eigenvalue weighted by atomic mass is 79.9. The van der Waals surface area contributed by atoms with E-state index in [0.29, 0.717) is 12.3 Å². The molecule has 0 saturated carbocycles. The molecule has 0 N–H and O–H groups in total. The maximum absolute atomic E-state index is 11.9. The first kappa shape index (κ1) is 15.3. The highest BCUT2D eigenvalue weighted by molar-refractivity contribution is 9.10. The number of aromatic nitrogens is 2. The summed E-state index contributed by atoms with van der Waals surface area (Å²) in [4.78, 5) is 2.03. The van der Waals surface area contributed by atoms with Gasteiger partial charge in [0.15, 0.2) is 9.84 Å². The number of aryl methyl sites for hydroxylation is 2. The summed E-state index contributed by atoms with van der Waals surface area (Å²) in [6.45, 7) is 3.34. The van der Waals surface area contributed by atoms with Crippen molar-refractivity contribution in [2.75, 3.05) is 24.3 Å². The van der Waals surface area contributed by atoms with E-state index in [9.17, 15) is 8.42 Å². The molecule has 1 saturated heterocycles. The lowest BCUT2D eigenvalue weighted by Gasteiger charge is -2.33. The van der Waals surface area contributed by atoms with Gasteiger partial charge in [0, 0.05) is 37.9 Å². The van der Waals surface area contributed by atoms with Gasteiger partial charge in [-0.25, -0.2) is 8.42 Å². The van der Waals surface area contributed by atoms with E-state index in [0.717, 1.165) is 28.2 Å². The van der Waals surface area contributed by atoms with E-state index in [1.807, 2.05) is 23.6 Å². The van der Waals surface area contributed by atoms with Crippen LogP contribution in [0.4, 0.5) is 0 Å². The molecular weight excluding hydrogens is 350 g/mol. The molecule has 0 amide bonds. The lowest BCUT2D eigenvalue weighted by atomic mass is 10.3. The molecule has 1 atom stereocenters. The summed E-state index contributed by atoms with van der Waals surface area (Å²) < 4.78 is 26.5. The van der Waals surface area contributed by atoms with Gasteiger partial charge in [-0.3, -0.25) is 9.58 Å². The van der Waals surface area contributed by atoms with E-state index in [2.05, 4.69) is 21.0 Å². The van der Waals surface area contributed by atoms with Crippen molar-refractivity contribution in [2.45, 2.75) is 18.8 Å². The van der Waals surface area contributed by atoms with Crippen molar-refractivity contribution in [1.29, 1.82) is 0 Å². The highest BCUT2D eigenvalue weighted by Crippen LogP contribution is 2.26. The maximum Gasteiger partial charge on any atom is 0.164 e. The Labute approximate surface area is 126 Å². The van der Waals surface area contributed by atoms with Crippen LogP contribution in [0.3, 0.4) is 0 Å². The number of halogens is 1.